The monoisotopic (exact) mass is 465 g/mol. The molecule has 1 N–H and O–H groups in total. The third kappa shape index (κ3) is 6.36. The molecule has 3 aromatic carbocycles. The van der Waals surface area contributed by atoms with Crippen LogP contribution in [-0.4, -0.2) is 37.3 Å². The van der Waals surface area contributed by atoms with E-state index in [0.717, 1.165) is 22.6 Å². The van der Waals surface area contributed by atoms with Gasteiger partial charge in [-0.05, 0) is 65.3 Å². The molecule has 33 heavy (non-hydrogen) atoms. The number of benzene rings is 3. The second-order valence-electron chi connectivity index (χ2n) is 7.19. The number of methoxy groups -OCH3 is 3. The zero-order chi connectivity index (χ0) is 23.8. The molecule has 0 aromatic heterocycles. The van der Waals surface area contributed by atoms with E-state index in [0.29, 0.717) is 29.7 Å². The van der Waals surface area contributed by atoms with Gasteiger partial charge in [0.25, 0.3) is 0 Å². The van der Waals surface area contributed by atoms with E-state index in [4.69, 9.17) is 26.4 Å². The van der Waals surface area contributed by atoms with Gasteiger partial charge in [0.2, 0.25) is 0 Å². The lowest BCUT2D eigenvalue weighted by Crippen LogP contribution is -2.33. The van der Waals surface area contributed by atoms with Crippen molar-refractivity contribution >= 4 is 29.0 Å². The van der Waals surface area contributed by atoms with E-state index in [1.165, 1.54) is 12.1 Å². The zero-order valence-corrected chi connectivity index (χ0v) is 19.5. The Hall–Kier alpha value is -3.78. The molecule has 0 spiro atoms. The lowest BCUT2D eigenvalue weighted by atomic mass is 10.1. The molecule has 0 aliphatic rings. The molecule has 0 radical (unpaired) electrons. The first kappa shape index (κ1) is 23.9. The van der Waals surface area contributed by atoms with Gasteiger partial charge in [-0.2, -0.15) is 0 Å². The van der Waals surface area contributed by atoms with Crippen molar-refractivity contribution in [1.82, 2.24) is 4.90 Å². The number of aromatic carboxylic acids is 1. The van der Waals surface area contributed by atoms with Gasteiger partial charge in [-0.15, -0.1) is 0 Å². The standard InChI is InChI=1S/C25H26N2O5S/c1-30-21-11-9-20(10-12-21)26-25(33)27(15-17-4-7-19(8-5-17)24(28)29)16-18-6-13-22(31-2)23(14-18)32-3/h4-14H,15-16H2,1-3H3,(H,26,33)(H,28,29)/p-1. The highest BCUT2D eigenvalue weighted by molar-refractivity contribution is 7.80. The predicted molar refractivity (Wildman–Crippen MR) is 129 cm³/mol. The van der Waals surface area contributed by atoms with E-state index in [9.17, 15) is 9.90 Å². The number of carboxylic acid groups (broad SMARTS) is 1. The molecule has 3 aromatic rings. The van der Waals surface area contributed by atoms with E-state index in [-0.39, 0.29) is 5.56 Å². The minimum atomic E-state index is -1.21. The van der Waals surface area contributed by atoms with Gasteiger partial charge in [0, 0.05) is 18.8 Å². The summed E-state index contributed by atoms with van der Waals surface area (Å²) in [6, 6.07) is 19.7. The molecule has 7 nitrogen and oxygen atoms in total. The molecule has 0 aliphatic carbocycles. The van der Waals surface area contributed by atoms with Gasteiger partial charge in [0.05, 0.1) is 27.3 Å². The Balaban J connectivity index is 1.84. The first-order chi connectivity index (χ1) is 15.9. The van der Waals surface area contributed by atoms with Crippen LogP contribution in [0.5, 0.6) is 17.2 Å². The van der Waals surface area contributed by atoms with E-state index in [2.05, 4.69) is 5.32 Å². The van der Waals surface area contributed by atoms with Crippen LogP contribution in [-0.2, 0) is 13.1 Å². The Kier molecular flexibility index (Phi) is 8.10. The molecule has 0 amide bonds. The Morgan fingerprint density at radius 2 is 1.45 bits per heavy atom. The number of thiocarbonyl (C=S) groups is 1. The lowest BCUT2D eigenvalue weighted by Gasteiger charge is -2.27. The molecular formula is C25H25N2O5S-. The number of hydrogen-bond acceptors (Lipinski definition) is 6. The molecule has 0 aliphatic heterocycles. The number of hydrogen-bond donors (Lipinski definition) is 1. The van der Waals surface area contributed by atoms with Crippen molar-refractivity contribution in [2.45, 2.75) is 13.1 Å². The highest BCUT2D eigenvalue weighted by atomic mass is 32.1. The second-order valence-corrected chi connectivity index (χ2v) is 7.58. The third-order valence-electron chi connectivity index (χ3n) is 5.01. The minimum Gasteiger partial charge on any atom is -0.545 e. The van der Waals surface area contributed by atoms with Crippen LogP contribution in [0, 0.1) is 0 Å². The van der Waals surface area contributed by atoms with Crippen LogP contribution in [0.1, 0.15) is 21.5 Å². The zero-order valence-electron chi connectivity index (χ0n) is 18.7. The molecule has 0 saturated carbocycles. The van der Waals surface area contributed by atoms with Gasteiger partial charge in [-0.25, -0.2) is 0 Å². The summed E-state index contributed by atoms with van der Waals surface area (Å²) in [6.45, 7) is 0.953. The molecule has 0 bridgehead atoms. The third-order valence-corrected chi connectivity index (χ3v) is 5.37. The van der Waals surface area contributed by atoms with Gasteiger partial charge in [0.15, 0.2) is 16.6 Å². The fraction of sp³-hybridized carbons (Fsp3) is 0.200. The SMILES string of the molecule is COc1ccc(NC(=S)N(Cc2ccc(C(=O)[O-])cc2)Cc2ccc(OC)c(OC)c2)cc1. The average molecular weight is 466 g/mol. The number of nitrogens with zero attached hydrogens (tertiary/aromatic N) is 1. The molecule has 0 atom stereocenters. The summed E-state index contributed by atoms with van der Waals surface area (Å²) in [6.07, 6.45) is 0. The number of carboxylic acids is 1. The summed E-state index contributed by atoms with van der Waals surface area (Å²) in [5.41, 5.74) is 2.83. The molecular weight excluding hydrogens is 440 g/mol. The molecule has 3 rings (SSSR count). The van der Waals surface area contributed by atoms with Crippen LogP contribution in [0.4, 0.5) is 5.69 Å². The van der Waals surface area contributed by atoms with Gasteiger partial charge in [0.1, 0.15) is 5.75 Å². The van der Waals surface area contributed by atoms with Crippen LogP contribution in [0.3, 0.4) is 0 Å². The number of ether oxygens (including phenoxy) is 3. The van der Waals surface area contributed by atoms with Crippen LogP contribution >= 0.6 is 12.2 Å². The summed E-state index contributed by atoms with van der Waals surface area (Å²) in [7, 11) is 4.80. The van der Waals surface area contributed by atoms with Crippen molar-refractivity contribution in [3.05, 3.63) is 83.4 Å². The maximum Gasteiger partial charge on any atom is 0.174 e. The highest BCUT2D eigenvalue weighted by Gasteiger charge is 2.14. The van der Waals surface area contributed by atoms with Crippen molar-refractivity contribution in [1.29, 1.82) is 0 Å². The maximum absolute atomic E-state index is 11.1. The summed E-state index contributed by atoms with van der Waals surface area (Å²) in [5.74, 6) is 0.814. The summed E-state index contributed by atoms with van der Waals surface area (Å²) >= 11 is 5.72. The Labute approximate surface area is 198 Å². The number of nitrogens with one attached hydrogen (secondary N) is 1. The van der Waals surface area contributed by atoms with E-state index in [1.807, 2.05) is 47.4 Å². The first-order valence-corrected chi connectivity index (χ1v) is 10.6. The molecule has 172 valence electrons. The summed E-state index contributed by atoms with van der Waals surface area (Å²) in [4.78, 5) is 13.0. The number of carbonyl (C=O) groups excluding carboxylic acids is 1. The number of anilines is 1. The molecule has 0 saturated heterocycles. The van der Waals surface area contributed by atoms with Crippen molar-refractivity contribution in [2.24, 2.45) is 0 Å². The minimum absolute atomic E-state index is 0.129. The number of carbonyl (C=O) groups is 1. The topological polar surface area (TPSA) is 83.1 Å². The van der Waals surface area contributed by atoms with E-state index < -0.39 is 5.97 Å². The van der Waals surface area contributed by atoms with Crippen molar-refractivity contribution in [3.8, 4) is 17.2 Å². The van der Waals surface area contributed by atoms with Crippen molar-refractivity contribution in [2.75, 3.05) is 26.6 Å². The van der Waals surface area contributed by atoms with Crippen molar-refractivity contribution in [3.63, 3.8) is 0 Å². The Bertz CT molecular complexity index is 1100. The highest BCUT2D eigenvalue weighted by Crippen LogP contribution is 2.28. The summed E-state index contributed by atoms with van der Waals surface area (Å²) < 4.78 is 16.0. The normalized spacial score (nSPS) is 10.3. The molecule has 0 unspecified atom stereocenters. The quantitative estimate of drug-likeness (QED) is 0.481. The van der Waals surface area contributed by atoms with Gasteiger partial charge in [-0.3, -0.25) is 0 Å². The average Bonchev–Trinajstić information content (AvgIpc) is 2.84. The second kappa shape index (κ2) is 11.2. The van der Waals surface area contributed by atoms with Gasteiger partial charge < -0.3 is 34.3 Å². The van der Waals surface area contributed by atoms with E-state index >= 15 is 0 Å². The number of rotatable bonds is 9. The molecule has 0 fully saturated rings. The van der Waals surface area contributed by atoms with Crippen LogP contribution in [0.15, 0.2) is 66.7 Å². The fourth-order valence-corrected chi connectivity index (χ4v) is 3.49. The smallest absolute Gasteiger partial charge is 0.174 e. The van der Waals surface area contributed by atoms with Gasteiger partial charge in [-0.1, -0.05) is 30.3 Å². The van der Waals surface area contributed by atoms with Crippen molar-refractivity contribution < 1.29 is 24.1 Å². The van der Waals surface area contributed by atoms with E-state index in [1.54, 1.807) is 33.5 Å². The van der Waals surface area contributed by atoms with Crippen LogP contribution in [0.25, 0.3) is 0 Å². The van der Waals surface area contributed by atoms with Crippen LogP contribution < -0.4 is 24.6 Å². The molecule has 8 heteroatoms. The molecule has 0 heterocycles. The van der Waals surface area contributed by atoms with Gasteiger partial charge >= 0.3 is 0 Å². The fourth-order valence-electron chi connectivity index (χ4n) is 3.24. The van der Waals surface area contributed by atoms with Crippen LogP contribution in [0.2, 0.25) is 0 Å². The Morgan fingerprint density at radius 3 is 2.03 bits per heavy atom. The largest absolute Gasteiger partial charge is 0.545 e. The predicted octanol–water partition coefficient (Wildman–Crippen LogP) is 3.48. The summed E-state index contributed by atoms with van der Waals surface area (Å²) in [5, 5.41) is 14.8. The Morgan fingerprint density at radius 1 is 0.848 bits per heavy atom. The first-order valence-electron chi connectivity index (χ1n) is 10.1. The maximum atomic E-state index is 11.1. The lowest BCUT2D eigenvalue weighted by molar-refractivity contribution is -0.255.